The number of rotatable bonds is 9. The molecule has 4 rings (SSSR count). The number of aliphatic hydroxyl groups is 1. The van der Waals surface area contributed by atoms with Crippen LogP contribution in [0.1, 0.15) is 58.1 Å². The Bertz CT molecular complexity index is 1110. The number of hydrogen-bond donors (Lipinski definition) is 2. The molecule has 1 heterocycles. The summed E-state index contributed by atoms with van der Waals surface area (Å²) in [6, 6.07) is 10.9. The van der Waals surface area contributed by atoms with Crippen LogP contribution in [-0.4, -0.2) is 42.6 Å². The zero-order valence-corrected chi connectivity index (χ0v) is 20.0. The molecule has 3 aromatic rings. The van der Waals surface area contributed by atoms with E-state index in [1.54, 1.807) is 37.7 Å². The van der Waals surface area contributed by atoms with Gasteiger partial charge in [0.05, 0.1) is 32.0 Å². The van der Waals surface area contributed by atoms with Crippen LogP contribution in [0.15, 0.2) is 36.4 Å². The maximum absolute atomic E-state index is 11.6. The maximum Gasteiger partial charge on any atom is 0.336 e. The molecule has 2 atom stereocenters. The van der Waals surface area contributed by atoms with Crippen molar-refractivity contribution in [1.29, 1.82) is 0 Å². The molecule has 176 valence electrons. The highest BCUT2D eigenvalue weighted by Crippen LogP contribution is 2.37. The first-order chi connectivity index (χ1) is 15.9. The number of carboxylic acid groups (broad SMARTS) is 1. The average Bonchev–Trinajstić information content (AvgIpc) is 3.47. The van der Waals surface area contributed by atoms with Crippen molar-refractivity contribution in [3.05, 3.63) is 58.0 Å². The lowest BCUT2D eigenvalue weighted by molar-refractivity contribution is -0.0750. The van der Waals surface area contributed by atoms with Gasteiger partial charge in [-0.2, -0.15) is 0 Å². The fourth-order valence-corrected chi connectivity index (χ4v) is 5.73. The Hall–Kier alpha value is -2.61. The lowest BCUT2D eigenvalue weighted by Crippen LogP contribution is -2.29. The normalized spacial score (nSPS) is 16.1. The van der Waals surface area contributed by atoms with Crippen LogP contribution in [-0.2, 0) is 11.2 Å². The van der Waals surface area contributed by atoms with Gasteiger partial charge in [-0.15, -0.1) is 11.3 Å². The van der Waals surface area contributed by atoms with Crippen molar-refractivity contribution in [2.24, 2.45) is 0 Å². The van der Waals surface area contributed by atoms with E-state index in [2.05, 4.69) is 0 Å². The van der Waals surface area contributed by atoms with Crippen LogP contribution in [0.2, 0.25) is 0 Å². The number of aromatic carboxylic acids is 1. The van der Waals surface area contributed by atoms with Crippen LogP contribution < -0.4 is 9.47 Å². The third-order valence-corrected chi connectivity index (χ3v) is 7.51. The molecule has 0 spiro atoms. The first-order valence-corrected chi connectivity index (χ1v) is 12.0. The number of thiophene rings is 1. The van der Waals surface area contributed by atoms with Gasteiger partial charge in [-0.05, 0) is 55.7 Å². The molecule has 1 aliphatic rings. The molecule has 2 aromatic carbocycles. The number of benzene rings is 2. The average molecular weight is 471 g/mol. The molecular weight excluding hydrogens is 440 g/mol. The monoisotopic (exact) mass is 470 g/mol. The molecule has 2 N–H and O–H groups in total. The standard InChI is InChI=1S/C26H30O6S/c1-15-21(30-2)11-16(12-22(15)31-3)25(27)23(32-17-7-4-5-8-17)14-18-13-20-19(26(28)29)9-6-10-24(20)33-18/h6,9-13,17,23,25,27H,4-5,7-8,14H2,1-3H3,(H,28,29)/t23-,25+/m0/s1. The topological polar surface area (TPSA) is 85.2 Å². The fraction of sp³-hybridized carbons (Fsp3) is 0.423. The number of carboxylic acids is 1. The van der Waals surface area contributed by atoms with Crippen molar-refractivity contribution in [3.63, 3.8) is 0 Å². The summed E-state index contributed by atoms with van der Waals surface area (Å²) in [6.07, 6.45) is 3.45. The van der Waals surface area contributed by atoms with Crippen LogP contribution in [0.4, 0.5) is 0 Å². The van der Waals surface area contributed by atoms with E-state index in [0.29, 0.717) is 23.5 Å². The summed E-state index contributed by atoms with van der Waals surface area (Å²) in [6.45, 7) is 1.91. The number of ether oxygens (including phenoxy) is 3. The number of aliphatic hydroxyl groups excluding tert-OH is 1. The molecule has 0 bridgehead atoms. The number of fused-ring (bicyclic) bond motifs is 1. The Morgan fingerprint density at radius 1 is 1.12 bits per heavy atom. The van der Waals surface area contributed by atoms with E-state index in [1.165, 1.54) is 0 Å². The van der Waals surface area contributed by atoms with Gasteiger partial charge in [0.15, 0.2) is 0 Å². The second-order valence-corrected chi connectivity index (χ2v) is 9.68. The van der Waals surface area contributed by atoms with E-state index in [0.717, 1.165) is 46.2 Å². The lowest BCUT2D eigenvalue weighted by Gasteiger charge is -2.27. The molecular formula is C26H30O6S. The van der Waals surface area contributed by atoms with E-state index in [1.807, 2.05) is 31.2 Å². The SMILES string of the molecule is COc1cc([C@@H](O)[C@H](Cc2cc3c(C(=O)O)cccc3s2)OC2CCCC2)cc(OC)c1C. The molecule has 7 heteroatoms. The minimum Gasteiger partial charge on any atom is -0.496 e. The van der Waals surface area contributed by atoms with Crippen molar-refractivity contribution in [2.45, 2.75) is 57.3 Å². The third kappa shape index (κ3) is 5.00. The third-order valence-electron chi connectivity index (χ3n) is 6.38. The smallest absolute Gasteiger partial charge is 0.336 e. The summed E-state index contributed by atoms with van der Waals surface area (Å²) in [5.41, 5.74) is 1.83. The van der Waals surface area contributed by atoms with E-state index in [9.17, 15) is 15.0 Å². The molecule has 33 heavy (non-hydrogen) atoms. The highest BCUT2D eigenvalue weighted by molar-refractivity contribution is 7.19. The van der Waals surface area contributed by atoms with Crippen molar-refractivity contribution < 1.29 is 29.2 Å². The summed E-state index contributed by atoms with van der Waals surface area (Å²) in [5, 5.41) is 21.7. The van der Waals surface area contributed by atoms with Gasteiger partial charge in [-0.25, -0.2) is 4.79 Å². The van der Waals surface area contributed by atoms with Crippen molar-refractivity contribution in [1.82, 2.24) is 0 Å². The van der Waals surface area contributed by atoms with Gasteiger partial charge in [-0.1, -0.05) is 18.9 Å². The van der Waals surface area contributed by atoms with E-state index in [-0.39, 0.29) is 11.7 Å². The first-order valence-electron chi connectivity index (χ1n) is 11.2. The Balaban J connectivity index is 1.68. The van der Waals surface area contributed by atoms with E-state index in [4.69, 9.17) is 14.2 Å². The summed E-state index contributed by atoms with van der Waals surface area (Å²) in [4.78, 5) is 12.6. The predicted octanol–water partition coefficient (Wildman–Crippen LogP) is 5.53. The van der Waals surface area contributed by atoms with Crippen LogP contribution in [0.3, 0.4) is 0 Å². The van der Waals surface area contributed by atoms with Crippen LogP contribution in [0.5, 0.6) is 11.5 Å². The van der Waals surface area contributed by atoms with Gasteiger partial charge in [-0.3, -0.25) is 0 Å². The van der Waals surface area contributed by atoms with Gasteiger partial charge in [0.1, 0.15) is 17.6 Å². The number of hydrogen-bond acceptors (Lipinski definition) is 6. The quantitative estimate of drug-likeness (QED) is 0.428. The Labute approximate surface area is 197 Å². The second kappa shape index (κ2) is 10.1. The van der Waals surface area contributed by atoms with Gasteiger partial charge >= 0.3 is 5.97 Å². The molecule has 1 fully saturated rings. The minimum atomic E-state index is -0.942. The molecule has 0 radical (unpaired) electrons. The summed E-state index contributed by atoms with van der Waals surface area (Å²) in [7, 11) is 3.20. The minimum absolute atomic E-state index is 0.114. The van der Waals surface area contributed by atoms with Crippen LogP contribution in [0.25, 0.3) is 10.1 Å². The Kier molecular flexibility index (Phi) is 7.22. The molecule has 1 aromatic heterocycles. The number of methoxy groups -OCH3 is 2. The zero-order chi connectivity index (χ0) is 23.5. The molecule has 0 amide bonds. The van der Waals surface area contributed by atoms with Gasteiger partial charge in [0.25, 0.3) is 0 Å². The molecule has 0 saturated heterocycles. The molecule has 1 saturated carbocycles. The predicted molar refractivity (Wildman–Crippen MR) is 129 cm³/mol. The van der Waals surface area contributed by atoms with Gasteiger partial charge in [0, 0.05) is 26.9 Å². The van der Waals surface area contributed by atoms with Crippen molar-refractivity contribution in [2.75, 3.05) is 14.2 Å². The summed E-state index contributed by atoms with van der Waals surface area (Å²) >= 11 is 1.54. The summed E-state index contributed by atoms with van der Waals surface area (Å²) < 4.78 is 18.4. The zero-order valence-electron chi connectivity index (χ0n) is 19.2. The highest BCUT2D eigenvalue weighted by atomic mass is 32.1. The fourth-order valence-electron chi connectivity index (χ4n) is 4.60. The lowest BCUT2D eigenvalue weighted by atomic mass is 9.98. The maximum atomic E-state index is 11.6. The Morgan fingerprint density at radius 3 is 2.39 bits per heavy atom. The molecule has 0 aliphatic heterocycles. The second-order valence-electron chi connectivity index (χ2n) is 8.52. The molecule has 6 nitrogen and oxygen atoms in total. The van der Waals surface area contributed by atoms with Crippen molar-refractivity contribution in [3.8, 4) is 11.5 Å². The van der Waals surface area contributed by atoms with Gasteiger partial charge in [0.2, 0.25) is 0 Å². The summed E-state index contributed by atoms with van der Waals surface area (Å²) in [5.74, 6) is 0.356. The van der Waals surface area contributed by atoms with Gasteiger partial charge < -0.3 is 24.4 Å². The van der Waals surface area contributed by atoms with Crippen LogP contribution >= 0.6 is 11.3 Å². The van der Waals surface area contributed by atoms with E-state index >= 15 is 0 Å². The number of carbonyl (C=O) groups is 1. The van der Waals surface area contributed by atoms with Crippen molar-refractivity contribution >= 4 is 27.4 Å². The first kappa shape index (κ1) is 23.5. The highest BCUT2D eigenvalue weighted by Gasteiger charge is 2.29. The van der Waals surface area contributed by atoms with E-state index < -0.39 is 18.2 Å². The van der Waals surface area contributed by atoms with Crippen LogP contribution in [0, 0.1) is 6.92 Å². The molecule has 0 unspecified atom stereocenters. The Morgan fingerprint density at radius 2 is 1.79 bits per heavy atom. The largest absolute Gasteiger partial charge is 0.496 e. The molecule has 1 aliphatic carbocycles.